The van der Waals surface area contributed by atoms with E-state index in [-0.39, 0.29) is 11.2 Å². The lowest BCUT2D eigenvalue weighted by molar-refractivity contribution is 0.553. The van der Waals surface area contributed by atoms with Crippen molar-refractivity contribution in [3.8, 4) is 22.8 Å². The molecule has 0 amide bonds. The average molecular weight is 384 g/mol. The minimum atomic E-state index is -0.315. The molecule has 0 saturated carbocycles. The number of nitrogens with zero attached hydrogens (tertiary/aromatic N) is 4. The molecule has 3 heterocycles. The Morgan fingerprint density at radius 1 is 1.07 bits per heavy atom. The molecule has 0 aliphatic heterocycles. The Balaban J connectivity index is 1.84. The number of benzene rings is 1. The summed E-state index contributed by atoms with van der Waals surface area (Å²) in [5, 5.41) is 5.13. The molecule has 138 valence electrons. The fourth-order valence-corrected chi connectivity index (χ4v) is 3.59. The molecule has 0 radical (unpaired) electrons. The summed E-state index contributed by atoms with van der Waals surface area (Å²) in [5.41, 5.74) is 3.55. The van der Waals surface area contributed by atoms with E-state index in [4.69, 9.17) is 11.6 Å². The molecule has 1 N–H and O–H groups in total. The van der Waals surface area contributed by atoms with E-state index in [1.807, 2.05) is 13.1 Å². The number of fused-ring (bicyclic) bond motifs is 1. The molecule has 3 aromatic heterocycles. The van der Waals surface area contributed by atoms with Gasteiger partial charge in [-0.15, -0.1) is 0 Å². The molecule has 5 nitrogen and oxygen atoms in total. The van der Waals surface area contributed by atoms with Gasteiger partial charge in [-0.3, -0.25) is 4.68 Å². The highest BCUT2D eigenvalue weighted by molar-refractivity contribution is 6.33. The van der Waals surface area contributed by atoms with Crippen molar-refractivity contribution in [2.75, 3.05) is 0 Å². The minimum absolute atomic E-state index is 0.185. The first-order valence-corrected chi connectivity index (χ1v) is 8.98. The van der Waals surface area contributed by atoms with E-state index >= 15 is 0 Å². The van der Waals surface area contributed by atoms with Crippen LogP contribution in [0.25, 0.3) is 33.9 Å². The Morgan fingerprint density at radius 2 is 1.81 bits per heavy atom. The molecule has 0 aliphatic rings. The van der Waals surface area contributed by atoms with Gasteiger partial charge in [0.2, 0.25) is 0 Å². The van der Waals surface area contributed by atoms with Crippen molar-refractivity contribution >= 4 is 22.8 Å². The van der Waals surface area contributed by atoms with E-state index in [9.17, 15) is 4.39 Å². The molecular formula is C20H19ClFN5. The summed E-state index contributed by atoms with van der Waals surface area (Å²) < 4.78 is 15.8. The third-order valence-corrected chi connectivity index (χ3v) is 4.78. The van der Waals surface area contributed by atoms with Crippen molar-refractivity contribution in [1.29, 1.82) is 0 Å². The molecule has 1 aromatic carbocycles. The smallest absolute Gasteiger partial charge is 0.178 e. The lowest BCUT2D eigenvalue weighted by Gasteiger charge is -2.15. The van der Waals surface area contributed by atoms with E-state index in [0.717, 1.165) is 11.2 Å². The van der Waals surface area contributed by atoms with Gasteiger partial charge in [-0.1, -0.05) is 44.5 Å². The summed E-state index contributed by atoms with van der Waals surface area (Å²) in [6.07, 6.45) is 0. The van der Waals surface area contributed by atoms with E-state index < -0.39 is 0 Å². The second kappa shape index (κ2) is 6.16. The number of rotatable bonds is 2. The molecule has 0 aliphatic carbocycles. The van der Waals surface area contributed by atoms with Crippen LogP contribution in [0.15, 0.2) is 36.4 Å². The van der Waals surface area contributed by atoms with Crippen molar-refractivity contribution in [3.63, 3.8) is 0 Å². The largest absolute Gasteiger partial charge is 0.335 e. The highest BCUT2D eigenvalue weighted by Crippen LogP contribution is 2.36. The zero-order valence-corrected chi connectivity index (χ0v) is 16.3. The van der Waals surface area contributed by atoms with Crippen molar-refractivity contribution in [1.82, 2.24) is 24.7 Å². The molecule has 0 unspecified atom stereocenters. The van der Waals surface area contributed by atoms with E-state index in [2.05, 4.69) is 40.8 Å². The third-order valence-electron chi connectivity index (χ3n) is 4.42. The van der Waals surface area contributed by atoms with Gasteiger partial charge in [0.15, 0.2) is 11.5 Å². The summed E-state index contributed by atoms with van der Waals surface area (Å²) in [4.78, 5) is 12.3. The molecule has 7 heteroatoms. The lowest BCUT2D eigenvalue weighted by atomic mass is 9.92. The molecule has 0 bridgehead atoms. The topological polar surface area (TPSA) is 59.4 Å². The first kappa shape index (κ1) is 17.7. The Labute approximate surface area is 161 Å². The number of hydrogen-bond donors (Lipinski definition) is 1. The Hall–Kier alpha value is -2.73. The van der Waals surface area contributed by atoms with Crippen LogP contribution in [0.5, 0.6) is 0 Å². The van der Waals surface area contributed by atoms with Crippen molar-refractivity contribution in [2.24, 2.45) is 7.05 Å². The van der Waals surface area contributed by atoms with Crippen molar-refractivity contribution in [3.05, 3.63) is 52.9 Å². The number of imidazole rings is 1. The van der Waals surface area contributed by atoms with Crippen LogP contribution in [-0.4, -0.2) is 24.7 Å². The van der Waals surface area contributed by atoms with Gasteiger partial charge in [0.05, 0.1) is 21.9 Å². The van der Waals surface area contributed by atoms with Crippen LogP contribution in [0.2, 0.25) is 5.02 Å². The zero-order chi connectivity index (χ0) is 19.3. The number of aromatic amines is 1. The van der Waals surface area contributed by atoms with Crippen LogP contribution in [0.1, 0.15) is 26.5 Å². The van der Waals surface area contributed by atoms with Crippen LogP contribution in [0.3, 0.4) is 0 Å². The summed E-state index contributed by atoms with van der Waals surface area (Å²) in [5.74, 6) is 0.267. The SMILES string of the molecule is Cn1nc(C(C)(C)C)c(Cl)c1-c1nc2nc(-c3ccccc3F)ccc2[nH]1. The monoisotopic (exact) mass is 383 g/mol. The van der Waals surface area contributed by atoms with Gasteiger partial charge in [0, 0.05) is 18.0 Å². The van der Waals surface area contributed by atoms with Gasteiger partial charge in [0.25, 0.3) is 0 Å². The van der Waals surface area contributed by atoms with E-state index in [0.29, 0.717) is 33.4 Å². The molecule has 4 aromatic rings. The molecule has 0 spiro atoms. The fraction of sp³-hybridized carbons (Fsp3) is 0.250. The maximum absolute atomic E-state index is 14.1. The van der Waals surface area contributed by atoms with Gasteiger partial charge in [0.1, 0.15) is 11.5 Å². The molecule has 0 atom stereocenters. The van der Waals surface area contributed by atoms with Crippen LogP contribution < -0.4 is 0 Å². The third kappa shape index (κ3) is 3.00. The molecule has 27 heavy (non-hydrogen) atoms. The highest BCUT2D eigenvalue weighted by atomic mass is 35.5. The van der Waals surface area contributed by atoms with Crippen LogP contribution in [-0.2, 0) is 12.5 Å². The lowest BCUT2D eigenvalue weighted by Crippen LogP contribution is -2.12. The minimum Gasteiger partial charge on any atom is -0.335 e. The summed E-state index contributed by atoms with van der Waals surface area (Å²) >= 11 is 6.61. The second-order valence-corrected chi connectivity index (χ2v) is 7.90. The fourth-order valence-electron chi connectivity index (χ4n) is 3.06. The van der Waals surface area contributed by atoms with Crippen LogP contribution >= 0.6 is 11.6 Å². The summed E-state index contributed by atoms with van der Waals surface area (Å²) in [7, 11) is 1.84. The highest BCUT2D eigenvalue weighted by Gasteiger charge is 2.27. The summed E-state index contributed by atoms with van der Waals surface area (Å²) in [6.45, 7) is 6.18. The number of aryl methyl sites for hydroxylation is 1. The zero-order valence-electron chi connectivity index (χ0n) is 15.5. The van der Waals surface area contributed by atoms with Crippen LogP contribution in [0, 0.1) is 5.82 Å². The van der Waals surface area contributed by atoms with Gasteiger partial charge in [-0.05, 0) is 24.3 Å². The Kier molecular flexibility index (Phi) is 4.03. The van der Waals surface area contributed by atoms with Crippen molar-refractivity contribution < 1.29 is 4.39 Å². The maximum atomic E-state index is 14.1. The molecule has 4 rings (SSSR count). The van der Waals surface area contributed by atoms with Gasteiger partial charge in [-0.25, -0.2) is 14.4 Å². The van der Waals surface area contributed by atoms with Crippen molar-refractivity contribution in [2.45, 2.75) is 26.2 Å². The predicted octanol–water partition coefficient (Wildman–Crippen LogP) is 5.12. The quantitative estimate of drug-likeness (QED) is 0.523. The van der Waals surface area contributed by atoms with E-state index in [1.54, 1.807) is 28.9 Å². The Bertz CT molecular complexity index is 1150. The number of aromatic nitrogens is 5. The maximum Gasteiger partial charge on any atom is 0.178 e. The molecular weight excluding hydrogens is 365 g/mol. The number of H-pyrrole nitrogens is 1. The molecule has 0 saturated heterocycles. The Morgan fingerprint density at radius 3 is 2.48 bits per heavy atom. The normalized spacial score (nSPS) is 12.1. The number of hydrogen-bond acceptors (Lipinski definition) is 3. The summed E-state index contributed by atoms with van der Waals surface area (Å²) in [6, 6.07) is 10.2. The number of nitrogens with one attached hydrogen (secondary N) is 1. The predicted molar refractivity (Wildman–Crippen MR) is 105 cm³/mol. The van der Waals surface area contributed by atoms with Gasteiger partial charge in [-0.2, -0.15) is 5.10 Å². The van der Waals surface area contributed by atoms with Gasteiger partial charge >= 0.3 is 0 Å². The van der Waals surface area contributed by atoms with Crippen LogP contribution in [0.4, 0.5) is 4.39 Å². The standard InChI is InChI=1S/C20H19ClFN5/c1-20(2,3)17-15(21)16(27(4)26-17)19-24-14-10-9-13(23-18(14)25-19)11-7-5-6-8-12(11)22/h5-10H,1-4H3,(H,23,24,25). The average Bonchev–Trinajstić information content (AvgIpc) is 3.14. The van der Waals surface area contributed by atoms with E-state index in [1.165, 1.54) is 6.07 Å². The van der Waals surface area contributed by atoms with Gasteiger partial charge < -0.3 is 4.98 Å². The first-order chi connectivity index (χ1) is 12.8. The molecule has 0 fully saturated rings. The first-order valence-electron chi connectivity index (χ1n) is 8.60. The number of pyridine rings is 1. The number of halogens is 2. The second-order valence-electron chi connectivity index (χ2n) is 7.52.